The minimum Gasteiger partial charge on any atom is -0.343 e. The first-order valence-corrected chi connectivity index (χ1v) is 7.90. The van der Waals surface area contributed by atoms with Crippen LogP contribution in [-0.4, -0.2) is 14.5 Å². The van der Waals surface area contributed by atoms with Crippen molar-refractivity contribution in [2.24, 2.45) is 7.05 Å². The molecule has 0 bridgehead atoms. The normalized spacial score (nSPS) is 10.9. The van der Waals surface area contributed by atoms with Crippen molar-refractivity contribution in [2.75, 3.05) is 5.32 Å². The van der Waals surface area contributed by atoms with Gasteiger partial charge in [0.25, 0.3) is 0 Å². The first-order chi connectivity index (χ1) is 11.7. The van der Waals surface area contributed by atoms with Crippen molar-refractivity contribution in [3.05, 3.63) is 72.7 Å². The van der Waals surface area contributed by atoms with Gasteiger partial charge in [0.15, 0.2) is 0 Å². The van der Waals surface area contributed by atoms with Crippen molar-refractivity contribution in [2.45, 2.75) is 6.92 Å². The zero-order valence-electron chi connectivity index (χ0n) is 13.7. The van der Waals surface area contributed by atoms with Gasteiger partial charge in [0, 0.05) is 48.3 Å². The first-order valence-electron chi connectivity index (χ1n) is 7.90. The molecule has 3 aromatic heterocycles. The highest BCUT2D eigenvalue weighted by atomic mass is 15.0. The number of hydrogen-bond donors (Lipinski definition) is 1. The molecule has 0 aliphatic rings. The standard InChI is InChI=1S/C20H18N4/c1-14-5-3-7-17(9-14)23-20-11-19-16(13-22-20)10-18(24(19)2)15-6-4-8-21-12-15/h3-13H,1-2H3,(H,22,23). The maximum atomic E-state index is 4.54. The Morgan fingerprint density at radius 3 is 2.71 bits per heavy atom. The molecular weight excluding hydrogens is 296 g/mol. The molecule has 118 valence electrons. The van der Waals surface area contributed by atoms with Crippen LogP contribution in [0.1, 0.15) is 5.56 Å². The summed E-state index contributed by atoms with van der Waals surface area (Å²) in [7, 11) is 2.07. The molecule has 1 N–H and O–H groups in total. The van der Waals surface area contributed by atoms with Crippen molar-refractivity contribution >= 4 is 22.4 Å². The number of aryl methyl sites for hydroxylation is 2. The van der Waals surface area contributed by atoms with Gasteiger partial charge in [-0.3, -0.25) is 4.98 Å². The Balaban J connectivity index is 1.74. The van der Waals surface area contributed by atoms with Gasteiger partial charge >= 0.3 is 0 Å². The van der Waals surface area contributed by atoms with Gasteiger partial charge in [-0.05, 0) is 42.8 Å². The van der Waals surface area contributed by atoms with E-state index in [0.717, 1.165) is 33.7 Å². The summed E-state index contributed by atoms with van der Waals surface area (Å²) in [6.45, 7) is 2.08. The molecule has 0 saturated carbocycles. The van der Waals surface area contributed by atoms with Gasteiger partial charge < -0.3 is 9.88 Å². The van der Waals surface area contributed by atoms with Crippen molar-refractivity contribution < 1.29 is 0 Å². The van der Waals surface area contributed by atoms with Gasteiger partial charge in [0.2, 0.25) is 0 Å². The zero-order chi connectivity index (χ0) is 16.5. The van der Waals surface area contributed by atoms with Crippen LogP contribution in [0.3, 0.4) is 0 Å². The van der Waals surface area contributed by atoms with Crippen molar-refractivity contribution in [3.8, 4) is 11.3 Å². The van der Waals surface area contributed by atoms with E-state index in [1.54, 1.807) is 6.20 Å². The third-order valence-corrected chi connectivity index (χ3v) is 4.17. The van der Waals surface area contributed by atoms with E-state index < -0.39 is 0 Å². The number of rotatable bonds is 3. The van der Waals surface area contributed by atoms with Crippen LogP contribution in [0.2, 0.25) is 0 Å². The van der Waals surface area contributed by atoms with E-state index in [0.29, 0.717) is 0 Å². The zero-order valence-corrected chi connectivity index (χ0v) is 13.7. The summed E-state index contributed by atoms with van der Waals surface area (Å²) in [5.41, 5.74) is 5.64. The number of fused-ring (bicyclic) bond motifs is 1. The van der Waals surface area contributed by atoms with Gasteiger partial charge in [-0.1, -0.05) is 12.1 Å². The highest BCUT2D eigenvalue weighted by molar-refractivity contribution is 5.88. The molecule has 1 aromatic carbocycles. The smallest absolute Gasteiger partial charge is 0.132 e. The molecule has 0 amide bonds. The SMILES string of the molecule is Cc1cccc(Nc2cc3c(cn2)cc(-c2cccnc2)n3C)c1. The molecule has 3 heterocycles. The fourth-order valence-corrected chi connectivity index (χ4v) is 2.96. The van der Waals surface area contributed by atoms with Crippen LogP contribution in [0.15, 0.2) is 67.1 Å². The summed E-state index contributed by atoms with van der Waals surface area (Å²) < 4.78 is 2.18. The van der Waals surface area contributed by atoms with E-state index in [1.807, 2.05) is 30.6 Å². The Bertz CT molecular complexity index is 1000. The minimum absolute atomic E-state index is 0.840. The lowest BCUT2D eigenvalue weighted by Gasteiger charge is -2.08. The third-order valence-electron chi connectivity index (χ3n) is 4.17. The molecule has 0 aliphatic carbocycles. The average molecular weight is 314 g/mol. The Hall–Kier alpha value is -3.14. The number of pyridine rings is 2. The van der Waals surface area contributed by atoms with Crippen LogP contribution in [0.25, 0.3) is 22.2 Å². The van der Waals surface area contributed by atoms with Crippen LogP contribution in [-0.2, 0) is 7.05 Å². The van der Waals surface area contributed by atoms with Crippen molar-refractivity contribution in [3.63, 3.8) is 0 Å². The second kappa shape index (κ2) is 5.81. The maximum Gasteiger partial charge on any atom is 0.132 e. The van der Waals surface area contributed by atoms with Gasteiger partial charge in [0.1, 0.15) is 5.82 Å². The summed E-state index contributed by atoms with van der Waals surface area (Å²) in [5.74, 6) is 0.840. The quantitative estimate of drug-likeness (QED) is 0.596. The van der Waals surface area contributed by atoms with Crippen LogP contribution >= 0.6 is 0 Å². The van der Waals surface area contributed by atoms with Crippen LogP contribution in [0.5, 0.6) is 0 Å². The number of benzene rings is 1. The molecule has 0 fully saturated rings. The molecule has 0 atom stereocenters. The molecule has 4 nitrogen and oxygen atoms in total. The van der Waals surface area contributed by atoms with E-state index in [4.69, 9.17) is 0 Å². The summed E-state index contributed by atoms with van der Waals surface area (Å²) >= 11 is 0. The monoisotopic (exact) mass is 314 g/mol. The summed E-state index contributed by atoms with van der Waals surface area (Å²) in [6.07, 6.45) is 5.58. The summed E-state index contributed by atoms with van der Waals surface area (Å²) in [4.78, 5) is 8.75. The molecule has 24 heavy (non-hydrogen) atoms. The van der Waals surface area contributed by atoms with Gasteiger partial charge in [0.05, 0.1) is 11.2 Å². The first kappa shape index (κ1) is 14.5. The predicted molar refractivity (Wildman–Crippen MR) is 98.4 cm³/mol. The van der Waals surface area contributed by atoms with Gasteiger partial charge in [-0.25, -0.2) is 4.98 Å². The summed E-state index contributed by atoms with van der Waals surface area (Å²) in [6, 6.07) is 16.5. The van der Waals surface area contributed by atoms with E-state index in [9.17, 15) is 0 Å². The lowest BCUT2D eigenvalue weighted by Crippen LogP contribution is -1.95. The van der Waals surface area contributed by atoms with Gasteiger partial charge in [-0.2, -0.15) is 0 Å². The van der Waals surface area contributed by atoms with Gasteiger partial charge in [-0.15, -0.1) is 0 Å². The molecule has 0 unspecified atom stereocenters. The second-order valence-corrected chi connectivity index (χ2v) is 5.95. The lowest BCUT2D eigenvalue weighted by molar-refractivity contribution is 0.976. The Kier molecular flexibility index (Phi) is 3.50. The second-order valence-electron chi connectivity index (χ2n) is 5.95. The fraction of sp³-hybridized carbons (Fsp3) is 0.100. The van der Waals surface area contributed by atoms with Crippen LogP contribution in [0, 0.1) is 6.92 Å². The Morgan fingerprint density at radius 2 is 1.92 bits per heavy atom. The van der Waals surface area contributed by atoms with E-state index in [-0.39, 0.29) is 0 Å². The summed E-state index contributed by atoms with van der Waals surface area (Å²) in [5, 5.41) is 4.49. The molecule has 0 radical (unpaired) electrons. The predicted octanol–water partition coefficient (Wildman–Crippen LogP) is 4.69. The third kappa shape index (κ3) is 2.63. The molecule has 0 saturated heterocycles. The Labute approximate surface area is 140 Å². The van der Waals surface area contributed by atoms with Crippen LogP contribution < -0.4 is 5.32 Å². The largest absolute Gasteiger partial charge is 0.343 e. The number of anilines is 2. The Morgan fingerprint density at radius 1 is 1.00 bits per heavy atom. The van der Waals surface area contributed by atoms with Crippen molar-refractivity contribution in [1.29, 1.82) is 0 Å². The molecule has 0 aliphatic heterocycles. The van der Waals surface area contributed by atoms with E-state index in [2.05, 4.69) is 64.2 Å². The maximum absolute atomic E-state index is 4.54. The topological polar surface area (TPSA) is 42.7 Å². The average Bonchev–Trinajstić information content (AvgIpc) is 2.92. The molecule has 4 aromatic rings. The molecule has 0 spiro atoms. The molecular formula is C20H18N4. The molecule has 4 rings (SSSR count). The van der Waals surface area contributed by atoms with Crippen LogP contribution in [0.4, 0.5) is 11.5 Å². The molecule has 4 heteroatoms. The number of hydrogen-bond acceptors (Lipinski definition) is 3. The lowest BCUT2D eigenvalue weighted by atomic mass is 10.2. The highest BCUT2D eigenvalue weighted by Crippen LogP contribution is 2.28. The fourth-order valence-electron chi connectivity index (χ4n) is 2.96. The highest BCUT2D eigenvalue weighted by Gasteiger charge is 2.09. The number of nitrogens with zero attached hydrogens (tertiary/aromatic N) is 3. The number of aromatic nitrogens is 3. The minimum atomic E-state index is 0.840. The number of nitrogens with one attached hydrogen (secondary N) is 1. The van der Waals surface area contributed by atoms with Crippen molar-refractivity contribution in [1.82, 2.24) is 14.5 Å². The van der Waals surface area contributed by atoms with E-state index >= 15 is 0 Å². The van der Waals surface area contributed by atoms with E-state index in [1.165, 1.54) is 5.56 Å².